The van der Waals surface area contributed by atoms with Gasteiger partial charge in [-0.25, -0.2) is 4.79 Å². The maximum Gasteiger partial charge on any atom is 0.325 e. The second-order valence-electron chi connectivity index (χ2n) is 6.45. The highest BCUT2D eigenvalue weighted by atomic mass is 32.1. The highest BCUT2D eigenvalue weighted by molar-refractivity contribution is 7.15. The third-order valence-electron chi connectivity index (χ3n) is 4.47. The van der Waals surface area contributed by atoms with Crippen LogP contribution in [0, 0.1) is 0 Å². The maximum absolute atomic E-state index is 12.2. The molecule has 2 aromatic carbocycles. The van der Waals surface area contributed by atoms with E-state index in [1.165, 1.54) is 16.9 Å². The Balaban J connectivity index is 1.52. The van der Waals surface area contributed by atoms with Crippen LogP contribution in [0.3, 0.4) is 0 Å². The molecule has 0 saturated carbocycles. The fraction of sp³-hybridized carbons (Fsp3) is 0.286. The third-order valence-corrected chi connectivity index (χ3v) is 5.28. The number of benzene rings is 2. The smallest absolute Gasteiger partial charge is 0.325 e. The fourth-order valence-electron chi connectivity index (χ4n) is 2.63. The minimum Gasteiger partial charge on any atom is -0.495 e. The number of para-hydroxylation sites is 2. The minimum atomic E-state index is -0.418. The number of urea groups is 1. The van der Waals surface area contributed by atoms with Crippen molar-refractivity contribution in [1.82, 2.24) is 10.2 Å². The van der Waals surface area contributed by atoms with Gasteiger partial charge in [-0.15, -0.1) is 10.2 Å². The van der Waals surface area contributed by atoms with Crippen molar-refractivity contribution in [3.05, 3.63) is 59.1 Å². The zero-order valence-electron chi connectivity index (χ0n) is 16.6. The van der Waals surface area contributed by atoms with Crippen LogP contribution in [0.1, 0.15) is 36.8 Å². The highest BCUT2D eigenvalue weighted by Gasteiger charge is 2.11. The van der Waals surface area contributed by atoms with Gasteiger partial charge < -0.3 is 14.8 Å². The molecular weight excluding hydrogens is 388 g/mol. The number of ether oxygens (including phenoxy) is 2. The molecule has 0 spiro atoms. The Morgan fingerprint density at radius 3 is 2.59 bits per heavy atom. The molecule has 2 amide bonds. The van der Waals surface area contributed by atoms with Crippen LogP contribution >= 0.6 is 11.3 Å². The normalized spacial score (nSPS) is 11.6. The molecule has 0 aliphatic heterocycles. The molecule has 3 aromatic rings. The SMILES string of the molecule is CC[C@@H](C)c1ccc(OCc2nnc(NC(=O)Nc3ccccc3OC)s2)cc1. The molecule has 0 unspecified atom stereocenters. The van der Waals surface area contributed by atoms with Gasteiger partial charge in [-0.2, -0.15) is 0 Å². The van der Waals surface area contributed by atoms with Crippen LogP contribution in [0.5, 0.6) is 11.5 Å². The molecule has 0 fully saturated rings. The molecule has 3 rings (SSSR count). The van der Waals surface area contributed by atoms with E-state index < -0.39 is 6.03 Å². The summed E-state index contributed by atoms with van der Waals surface area (Å²) in [6.45, 7) is 4.67. The first-order chi connectivity index (χ1) is 14.1. The van der Waals surface area contributed by atoms with E-state index in [1.54, 1.807) is 19.2 Å². The summed E-state index contributed by atoms with van der Waals surface area (Å²) in [4.78, 5) is 12.2. The number of carbonyl (C=O) groups excluding carboxylic acids is 1. The molecule has 0 saturated heterocycles. The number of carbonyl (C=O) groups is 1. The summed E-state index contributed by atoms with van der Waals surface area (Å²) < 4.78 is 11.0. The Bertz CT molecular complexity index is 943. The number of hydrogen-bond acceptors (Lipinski definition) is 6. The van der Waals surface area contributed by atoms with Crippen LogP contribution < -0.4 is 20.1 Å². The topological polar surface area (TPSA) is 85.4 Å². The molecular formula is C21H24N4O3S. The monoisotopic (exact) mass is 412 g/mol. The summed E-state index contributed by atoms with van der Waals surface area (Å²) in [7, 11) is 1.55. The van der Waals surface area contributed by atoms with Crippen molar-refractivity contribution in [2.75, 3.05) is 17.7 Å². The zero-order chi connectivity index (χ0) is 20.6. The van der Waals surface area contributed by atoms with Crippen molar-refractivity contribution in [2.24, 2.45) is 0 Å². The molecule has 152 valence electrons. The number of nitrogens with one attached hydrogen (secondary N) is 2. The molecule has 2 N–H and O–H groups in total. The molecule has 8 heteroatoms. The molecule has 1 atom stereocenters. The van der Waals surface area contributed by atoms with Gasteiger partial charge in [0.1, 0.15) is 18.1 Å². The summed E-state index contributed by atoms with van der Waals surface area (Å²) >= 11 is 1.26. The van der Waals surface area contributed by atoms with Gasteiger partial charge in [-0.1, -0.05) is 49.4 Å². The van der Waals surface area contributed by atoms with E-state index in [9.17, 15) is 4.79 Å². The van der Waals surface area contributed by atoms with Crippen molar-refractivity contribution >= 4 is 28.2 Å². The first-order valence-corrected chi connectivity index (χ1v) is 10.2. The van der Waals surface area contributed by atoms with Crippen LogP contribution in [0.4, 0.5) is 15.6 Å². The van der Waals surface area contributed by atoms with Crippen molar-refractivity contribution < 1.29 is 14.3 Å². The Morgan fingerprint density at radius 1 is 1.10 bits per heavy atom. The minimum absolute atomic E-state index is 0.288. The van der Waals surface area contributed by atoms with E-state index in [1.807, 2.05) is 24.3 Å². The Kier molecular flexibility index (Phi) is 7.02. The Hall–Kier alpha value is -3.13. The van der Waals surface area contributed by atoms with E-state index in [4.69, 9.17) is 9.47 Å². The molecule has 0 bridgehead atoms. The number of methoxy groups -OCH3 is 1. The number of nitrogens with zero attached hydrogens (tertiary/aromatic N) is 2. The van der Waals surface area contributed by atoms with Crippen molar-refractivity contribution in [3.63, 3.8) is 0 Å². The van der Waals surface area contributed by atoms with Gasteiger partial charge in [0, 0.05) is 0 Å². The van der Waals surface area contributed by atoms with Gasteiger partial charge in [0.2, 0.25) is 5.13 Å². The quantitative estimate of drug-likeness (QED) is 0.525. The van der Waals surface area contributed by atoms with Crippen molar-refractivity contribution in [1.29, 1.82) is 0 Å². The highest BCUT2D eigenvalue weighted by Crippen LogP contribution is 2.25. The van der Waals surface area contributed by atoms with Gasteiger partial charge in [0.25, 0.3) is 0 Å². The van der Waals surface area contributed by atoms with Crippen molar-refractivity contribution in [3.8, 4) is 11.5 Å². The lowest BCUT2D eigenvalue weighted by atomic mass is 9.99. The molecule has 0 aliphatic rings. The maximum atomic E-state index is 12.2. The van der Waals surface area contributed by atoms with E-state index in [0.717, 1.165) is 12.2 Å². The lowest BCUT2D eigenvalue weighted by Gasteiger charge is -2.10. The number of hydrogen-bond donors (Lipinski definition) is 2. The largest absolute Gasteiger partial charge is 0.495 e. The average Bonchev–Trinajstić information content (AvgIpc) is 3.19. The molecule has 1 aromatic heterocycles. The van der Waals surface area contributed by atoms with Gasteiger partial charge >= 0.3 is 6.03 Å². The predicted octanol–water partition coefficient (Wildman–Crippen LogP) is 5.28. The average molecular weight is 413 g/mol. The zero-order valence-corrected chi connectivity index (χ0v) is 17.5. The summed E-state index contributed by atoms with van der Waals surface area (Å²) in [6.07, 6.45) is 1.10. The van der Waals surface area contributed by atoms with Gasteiger partial charge in [-0.05, 0) is 42.2 Å². The number of rotatable bonds is 8. The number of amides is 2. The number of anilines is 2. The van der Waals surface area contributed by atoms with E-state index >= 15 is 0 Å². The lowest BCUT2D eigenvalue weighted by molar-refractivity contribution is 0.262. The molecule has 0 aliphatic carbocycles. The summed E-state index contributed by atoms with van der Waals surface area (Å²) in [5.74, 6) is 1.88. The van der Waals surface area contributed by atoms with Crippen LogP contribution in [0.25, 0.3) is 0 Å². The Morgan fingerprint density at radius 2 is 1.86 bits per heavy atom. The molecule has 7 nitrogen and oxygen atoms in total. The lowest BCUT2D eigenvalue weighted by Crippen LogP contribution is -2.19. The van der Waals surface area contributed by atoms with E-state index in [0.29, 0.717) is 27.5 Å². The fourth-order valence-corrected chi connectivity index (χ4v) is 3.28. The van der Waals surface area contributed by atoms with E-state index in [2.05, 4.69) is 46.8 Å². The molecule has 0 radical (unpaired) electrons. The van der Waals surface area contributed by atoms with Crippen molar-refractivity contribution in [2.45, 2.75) is 32.8 Å². The molecule has 1 heterocycles. The van der Waals surface area contributed by atoms with E-state index in [-0.39, 0.29) is 6.61 Å². The molecule has 29 heavy (non-hydrogen) atoms. The second kappa shape index (κ2) is 9.88. The summed E-state index contributed by atoms with van der Waals surface area (Å²) in [5, 5.41) is 14.5. The van der Waals surface area contributed by atoms with Gasteiger partial charge in [0.15, 0.2) is 5.01 Å². The van der Waals surface area contributed by atoms with Crippen LogP contribution in [-0.4, -0.2) is 23.3 Å². The van der Waals surface area contributed by atoms with Crippen LogP contribution in [-0.2, 0) is 6.61 Å². The third kappa shape index (κ3) is 5.68. The first-order valence-electron chi connectivity index (χ1n) is 9.35. The van der Waals surface area contributed by atoms with Crippen LogP contribution in [0.2, 0.25) is 0 Å². The first kappa shape index (κ1) is 20.6. The van der Waals surface area contributed by atoms with Crippen LogP contribution in [0.15, 0.2) is 48.5 Å². The summed E-state index contributed by atoms with van der Waals surface area (Å²) in [6, 6.07) is 14.8. The standard InChI is InChI=1S/C21H24N4O3S/c1-4-14(2)15-9-11-16(12-10-15)28-13-19-24-25-21(29-19)23-20(26)22-17-7-5-6-8-18(17)27-3/h5-12,14H,4,13H2,1-3H3,(H2,22,23,25,26)/t14-/m1/s1. The Labute approximate surface area is 174 Å². The summed E-state index contributed by atoms with van der Waals surface area (Å²) in [5.41, 5.74) is 1.87. The second-order valence-corrected chi connectivity index (χ2v) is 7.51. The van der Waals surface area contributed by atoms with Gasteiger partial charge in [0.05, 0.1) is 12.8 Å². The van der Waals surface area contributed by atoms with Gasteiger partial charge in [-0.3, -0.25) is 5.32 Å². The number of aromatic nitrogens is 2. The predicted molar refractivity (Wildman–Crippen MR) is 115 cm³/mol.